The van der Waals surface area contributed by atoms with Crippen LogP contribution in [0.5, 0.6) is 0 Å². The molecule has 1 unspecified atom stereocenters. The van der Waals surface area contributed by atoms with Crippen LogP contribution in [0.3, 0.4) is 0 Å². The molecule has 0 saturated carbocycles. The summed E-state index contributed by atoms with van der Waals surface area (Å²) in [7, 11) is 7.51. The standard InChI is InChI=1S/C2H6BP/c1-2(3)4/h2H,4H2,1H3/t2-/m0/s1. The van der Waals surface area contributed by atoms with Crippen LogP contribution >= 0.6 is 9.24 Å². The van der Waals surface area contributed by atoms with Gasteiger partial charge in [-0.05, 0) is 0 Å². The molecule has 4 heavy (non-hydrogen) atoms. The minimum absolute atomic E-state index is 0.250. The van der Waals surface area contributed by atoms with Gasteiger partial charge in [0.05, 0.1) is 7.85 Å². The van der Waals surface area contributed by atoms with Gasteiger partial charge in [-0.2, -0.15) is 0 Å². The molecule has 0 aliphatic heterocycles. The molecule has 0 nitrogen and oxygen atoms in total. The van der Waals surface area contributed by atoms with E-state index in [1.54, 1.807) is 0 Å². The molecule has 0 aromatic rings. The Labute approximate surface area is 30.6 Å². The van der Waals surface area contributed by atoms with Crippen molar-refractivity contribution in [1.82, 2.24) is 0 Å². The molecule has 0 bridgehead atoms. The predicted molar refractivity (Wildman–Crippen MR) is 24.9 cm³/mol. The van der Waals surface area contributed by atoms with Gasteiger partial charge >= 0.3 is 0 Å². The van der Waals surface area contributed by atoms with Gasteiger partial charge in [-0.3, -0.25) is 0 Å². The van der Waals surface area contributed by atoms with Crippen molar-refractivity contribution in [3.63, 3.8) is 0 Å². The third-order valence-corrected chi connectivity index (χ3v) is 0. The van der Waals surface area contributed by atoms with Crippen LogP contribution in [0.25, 0.3) is 0 Å². The van der Waals surface area contributed by atoms with Crippen molar-refractivity contribution < 1.29 is 0 Å². The minimum Gasteiger partial charge on any atom is -0.144 e. The van der Waals surface area contributed by atoms with Gasteiger partial charge in [0.1, 0.15) is 0 Å². The second-order valence-corrected chi connectivity index (χ2v) is 1.91. The van der Waals surface area contributed by atoms with Gasteiger partial charge < -0.3 is 0 Å². The van der Waals surface area contributed by atoms with E-state index < -0.39 is 0 Å². The van der Waals surface area contributed by atoms with Gasteiger partial charge in [0.15, 0.2) is 0 Å². The Balaban J connectivity index is 2.32. The van der Waals surface area contributed by atoms with E-state index in [4.69, 9.17) is 7.85 Å². The lowest BCUT2D eigenvalue weighted by molar-refractivity contribution is 1.41. The second kappa shape index (κ2) is 1.78. The molecule has 0 fully saturated rings. The van der Waals surface area contributed by atoms with Gasteiger partial charge in [-0.25, -0.2) is 0 Å². The topological polar surface area (TPSA) is 0 Å². The fourth-order valence-electron chi connectivity index (χ4n) is 0. The highest BCUT2D eigenvalue weighted by atomic mass is 31.0. The molecule has 0 aliphatic rings. The Morgan fingerprint density at radius 1 is 2.00 bits per heavy atom. The highest BCUT2D eigenvalue weighted by Crippen LogP contribution is 1.85. The molecular weight excluding hydrogens is 65.8 g/mol. The first-order chi connectivity index (χ1) is 1.73. The molecule has 0 N–H and O–H groups in total. The van der Waals surface area contributed by atoms with Crippen molar-refractivity contribution in [3.05, 3.63) is 0 Å². The van der Waals surface area contributed by atoms with Gasteiger partial charge in [0, 0.05) is 0 Å². The summed E-state index contributed by atoms with van der Waals surface area (Å²) < 4.78 is 0. The maximum Gasteiger partial charge on any atom is 0.0752 e. The Hall–Kier alpha value is 0.495. The van der Waals surface area contributed by atoms with Crippen molar-refractivity contribution in [2.24, 2.45) is 0 Å². The third-order valence-electron chi connectivity index (χ3n) is 0. The van der Waals surface area contributed by atoms with Crippen LogP contribution in [0.2, 0.25) is 0 Å². The van der Waals surface area contributed by atoms with Gasteiger partial charge in [0.2, 0.25) is 0 Å². The van der Waals surface area contributed by atoms with E-state index in [9.17, 15) is 0 Å². The van der Waals surface area contributed by atoms with Crippen LogP contribution in [0, 0.1) is 0 Å². The first-order valence-electron chi connectivity index (χ1n) is 1.24. The summed E-state index contributed by atoms with van der Waals surface area (Å²) in [5.41, 5.74) is 0.250. The maximum absolute atomic E-state index is 5.07. The molecule has 0 aromatic heterocycles. The monoisotopic (exact) mass is 72.0 g/mol. The zero-order valence-corrected chi connectivity index (χ0v) is 3.89. The molecule has 22 valence electrons. The normalized spacial score (nSPS) is 15.5. The van der Waals surface area contributed by atoms with Gasteiger partial charge in [0.25, 0.3) is 0 Å². The average Bonchev–Trinajstić information content (AvgIpc) is 0.811. The fourth-order valence-corrected chi connectivity index (χ4v) is 0. The molecular formula is C2H6BP. The lowest BCUT2D eigenvalue weighted by atomic mass is 10.1. The SMILES string of the molecule is [B][C@H](C)P. The Morgan fingerprint density at radius 2 is 2.00 bits per heavy atom. The first-order valence-corrected chi connectivity index (χ1v) is 1.91. The van der Waals surface area contributed by atoms with Crippen molar-refractivity contribution >= 4 is 17.1 Å². The predicted octanol–water partition coefficient (Wildman–Crippen LogP) is 0.376. The maximum atomic E-state index is 5.07. The highest BCUT2D eigenvalue weighted by Gasteiger charge is 1.68. The van der Waals surface area contributed by atoms with E-state index in [1.165, 1.54) is 0 Å². The Bertz CT molecular complexity index is 10.8. The van der Waals surface area contributed by atoms with Crippen LogP contribution in [0.15, 0.2) is 0 Å². The van der Waals surface area contributed by atoms with Gasteiger partial charge in [-0.15, -0.1) is 9.24 Å². The summed E-state index contributed by atoms with van der Waals surface area (Å²) in [4.78, 5) is 0. The van der Waals surface area contributed by atoms with E-state index in [1.807, 2.05) is 6.92 Å². The molecule has 2 heteroatoms. The largest absolute Gasteiger partial charge is 0.144 e. The number of hydrogen-bond acceptors (Lipinski definition) is 0. The first kappa shape index (κ1) is 4.49. The molecule has 2 radical (unpaired) electrons. The minimum atomic E-state index is 0.250. The summed E-state index contributed by atoms with van der Waals surface area (Å²) in [5, 5.41) is 0. The van der Waals surface area contributed by atoms with Crippen LogP contribution in [0.1, 0.15) is 6.92 Å². The van der Waals surface area contributed by atoms with Crippen molar-refractivity contribution in [3.8, 4) is 0 Å². The fraction of sp³-hybridized carbons (Fsp3) is 1.00. The van der Waals surface area contributed by atoms with Crippen LogP contribution < -0.4 is 0 Å². The van der Waals surface area contributed by atoms with Crippen molar-refractivity contribution in [2.45, 2.75) is 12.5 Å². The average molecular weight is 71.9 g/mol. The lowest BCUT2D eigenvalue weighted by Gasteiger charge is -1.79. The van der Waals surface area contributed by atoms with E-state index in [0.29, 0.717) is 0 Å². The molecule has 0 rings (SSSR count). The number of rotatable bonds is 0. The van der Waals surface area contributed by atoms with E-state index >= 15 is 0 Å². The Morgan fingerprint density at radius 3 is 2.00 bits per heavy atom. The van der Waals surface area contributed by atoms with Crippen LogP contribution in [0.4, 0.5) is 0 Å². The molecule has 0 saturated heterocycles. The van der Waals surface area contributed by atoms with Crippen LogP contribution in [-0.4, -0.2) is 13.4 Å². The van der Waals surface area contributed by atoms with Crippen molar-refractivity contribution in [1.29, 1.82) is 0 Å². The van der Waals surface area contributed by atoms with E-state index in [-0.39, 0.29) is 5.56 Å². The molecule has 0 aromatic carbocycles. The molecule has 2 atom stereocenters. The summed E-state index contributed by atoms with van der Waals surface area (Å²) >= 11 is 0. The van der Waals surface area contributed by atoms with E-state index in [0.717, 1.165) is 0 Å². The Kier molecular flexibility index (Phi) is 2.00. The van der Waals surface area contributed by atoms with Crippen LogP contribution in [-0.2, 0) is 0 Å². The third kappa shape index (κ3) is 22.8. The molecule has 0 amide bonds. The summed E-state index contributed by atoms with van der Waals surface area (Å²) in [6, 6.07) is 0. The summed E-state index contributed by atoms with van der Waals surface area (Å²) in [5.74, 6) is 0. The zero-order valence-electron chi connectivity index (χ0n) is 2.73. The molecule has 0 spiro atoms. The van der Waals surface area contributed by atoms with Crippen molar-refractivity contribution in [2.75, 3.05) is 0 Å². The zero-order chi connectivity index (χ0) is 3.58. The molecule has 0 aliphatic carbocycles. The highest BCUT2D eigenvalue weighted by molar-refractivity contribution is 7.20. The quantitative estimate of drug-likeness (QED) is 0.286. The summed E-state index contributed by atoms with van der Waals surface area (Å²) in [6.45, 7) is 1.91. The smallest absolute Gasteiger partial charge is 0.0752 e. The van der Waals surface area contributed by atoms with Gasteiger partial charge in [-0.1, -0.05) is 12.5 Å². The lowest BCUT2D eigenvalue weighted by Crippen LogP contribution is -1.80. The van der Waals surface area contributed by atoms with E-state index in [2.05, 4.69) is 9.24 Å². The number of hydrogen-bond donors (Lipinski definition) is 0. The second-order valence-electron chi connectivity index (χ2n) is 0.859. The molecule has 0 heterocycles. The summed E-state index contributed by atoms with van der Waals surface area (Å²) in [6.07, 6.45) is 0.